The van der Waals surface area contributed by atoms with Gasteiger partial charge in [-0.1, -0.05) is 18.2 Å². The molecule has 8 nitrogen and oxygen atoms in total. The Morgan fingerprint density at radius 1 is 1.03 bits per heavy atom. The molecule has 0 aromatic heterocycles. The number of piperidine rings is 1. The van der Waals surface area contributed by atoms with Gasteiger partial charge in [-0.3, -0.25) is 9.59 Å². The third-order valence-electron chi connectivity index (χ3n) is 5.63. The van der Waals surface area contributed by atoms with E-state index >= 15 is 0 Å². The van der Waals surface area contributed by atoms with Gasteiger partial charge in [0.2, 0.25) is 21.8 Å². The molecule has 2 N–H and O–H groups in total. The van der Waals surface area contributed by atoms with Crippen LogP contribution < -0.4 is 14.8 Å². The molecule has 0 radical (unpaired) electrons. The molecule has 1 saturated heterocycles. The van der Waals surface area contributed by atoms with Crippen molar-refractivity contribution in [1.82, 2.24) is 9.62 Å². The summed E-state index contributed by atoms with van der Waals surface area (Å²) in [6.07, 6.45) is 1.38. The summed E-state index contributed by atoms with van der Waals surface area (Å²) in [7, 11) is -3.88. The van der Waals surface area contributed by atoms with Crippen molar-refractivity contribution in [1.29, 1.82) is 0 Å². The molecular weight excluding hydrogens is 442 g/mol. The lowest BCUT2D eigenvalue weighted by molar-refractivity contribution is -0.134. The highest BCUT2D eigenvalue weighted by molar-refractivity contribution is 7.89. The highest BCUT2D eigenvalue weighted by Gasteiger charge is 2.30. The Kier molecular flexibility index (Phi) is 7.76. The molecule has 3 rings (SSSR count). The number of rotatable bonds is 7. The van der Waals surface area contributed by atoms with E-state index in [1.54, 1.807) is 11.8 Å². The zero-order valence-electron chi connectivity index (χ0n) is 19.4. The Labute approximate surface area is 195 Å². The molecule has 1 aliphatic heterocycles. The number of likely N-dealkylation sites (tertiary alicyclic amines) is 1. The Balaban J connectivity index is 1.55. The van der Waals surface area contributed by atoms with Crippen molar-refractivity contribution in [2.45, 2.75) is 57.6 Å². The van der Waals surface area contributed by atoms with Crippen LogP contribution in [0.1, 0.15) is 37.8 Å². The number of aryl methyl sites for hydroxylation is 2. The van der Waals surface area contributed by atoms with Gasteiger partial charge in [-0.25, -0.2) is 8.42 Å². The van der Waals surface area contributed by atoms with Crippen LogP contribution in [0.15, 0.2) is 47.4 Å². The van der Waals surface area contributed by atoms with Crippen LogP contribution >= 0.6 is 0 Å². The molecule has 0 spiro atoms. The number of ether oxygens (including phenoxy) is 1. The maximum Gasteiger partial charge on any atom is 0.241 e. The van der Waals surface area contributed by atoms with Crippen molar-refractivity contribution < 1.29 is 22.7 Å². The molecule has 1 heterocycles. The summed E-state index contributed by atoms with van der Waals surface area (Å²) in [5.74, 6) is 0.387. The smallest absolute Gasteiger partial charge is 0.241 e. The van der Waals surface area contributed by atoms with Gasteiger partial charge in [0.15, 0.2) is 0 Å². The number of nitrogens with zero attached hydrogens (tertiary/aromatic N) is 1. The van der Waals surface area contributed by atoms with Gasteiger partial charge in [-0.2, -0.15) is 4.72 Å². The Morgan fingerprint density at radius 2 is 1.61 bits per heavy atom. The van der Waals surface area contributed by atoms with Gasteiger partial charge < -0.3 is 15.0 Å². The molecule has 0 unspecified atom stereocenters. The Morgan fingerprint density at radius 3 is 2.15 bits per heavy atom. The number of hydrogen-bond donors (Lipinski definition) is 2. The fourth-order valence-corrected chi connectivity index (χ4v) is 5.09. The predicted molar refractivity (Wildman–Crippen MR) is 127 cm³/mol. The molecule has 2 aromatic carbocycles. The minimum absolute atomic E-state index is 0.0166. The number of hydrogen-bond acceptors (Lipinski definition) is 5. The molecule has 33 heavy (non-hydrogen) atoms. The largest absolute Gasteiger partial charge is 0.490 e. The third-order valence-corrected chi connectivity index (χ3v) is 7.19. The lowest BCUT2D eigenvalue weighted by Crippen LogP contribution is -2.50. The van der Waals surface area contributed by atoms with E-state index in [1.165, 1.54) is 31.2 Å². The van der Waals surface area contributed by atoms with Crippen molar-refractivity contribution in [3.05, 3.63) is 53.6 Å². The van der Waals surface area contributed by atoms with Crippen molar-refractivity contribution in [2.24, 2.45) is 0 Å². The van der Waals surface area contributed by atoms with E-state index in [0.29, 0.717) is 31.6 Å². The van der Waals surface area contributed by atoms with Gasteiger partial charge in [0, 0.05) is 38.5 Å². The summed E-state index contributed by atoms with van der Waals surface area (Å²) in [4.78, 5) is 25.7. The number of para-hydroxylation sites is 1. The molecule has 1 fully saturated rings. The maximum atomic E-state index is 12.9. The average Bonchev–Trinajstić information content (AvgIpc) is 2.76. The molecule has 2 amide bonds. The van der Waals surface area contributed by atoms with Crippen LogP contribution in [0.5, 0.6) is 5.75 Å². The fraction of sp³-hybridized carbons (Fsp3) is 0.417. The standard InChI is InChI=1S/C24H31N3O5S/c1-16-6-5-7-17(2)23(16)32-21-12-14-27(15-13-21)24(29)18(3)26-33(30,31)22-10-8-20(9-11-22)25-19(4)28/h5-11,18,21,26H,12-15H2,1-4H3,(H,25,28)/t18-/m0/s1. The van der Waals surface area contributed by atoms with Crippen molar-refractivity contribution in [3.8, 4) is 5.75 Å². The van der Waals surface area contributed by atoms with E-state index < -0.39 is 16.1 Å². The highest BCUT2D eigenvalue weighted by Crippen LogP contribution is 2.26. The lowest BCUT2D eigenvalue weighted by atomic mass is 10.1. The molecule has 2 aromatic rings. The third kappa shape index (κ3) is 6.33. The zero-order chi connectivity index (χ0) is 24.2. The van der Waals surface area contributed by atoms with Crippen molar-refractivity contribution >= 4 is 27.5 Å². The highest BCUT2D eigenvalue weighted by atomic mass is 32.2. The summed E-state index contributed by atoms with van der Waals surface area (Å²) in [5.41, 5.74) is 2.67. The number of amides is 2. The number of carbonyl (C=O) groups excluding carboxylic acids is 2. The minimum Gasteiger partial charge on any atom is -0.490 e. The van der Waals surface area contributed by atoms with Crippen molar-refractivity contribution in [3.63, 3.8) is 0 Å². The second-order valence-corrected chi connectivity index (χ2v) is 10.1. The zero-order valence-corrected chi connectivity index (χ0v) is 20.2. The van der Waals surface area contributed by atoms with Gasteiger partial charge in [0.1, 0.15) is 11.9 Å². The van der Waals surface area contributed by atoms with Gasteiger partial charge in [0.25, 0.3) is 0 Å². The van der Waals surface area contributed by atoms with Gasteiger partial charge >= 0.3 is 0 Å². The number of nitrogens with one attached hydrogen (secondary N) is 2. The van der Waals surface area contributed by atoms with Gasteiger partial charge in [-0.15, -0.1) is 0 Å². The van der Waals surface area contributed by atoms with Crippen LogP contribution in [-0.4, -0.2) is 50.4 Å². The molecule has 0 aliphatic carbocycles. The summed E-state index contributed by atoms with van der Waals surface area (Å²) in [5, 5.41) is 2.59. The van der Waals surface area contributed by atoms with E-state index in [-0.39, 0.29) is 22.8 Å². The van der Waals surface area contributed by atoms with Gasteiger partial charge in [0.05, 0.1) is 10.9 Å². The van der Waals surface area contributed by atoms with Gasteiger partial charge in [-0.05, 0) is 56.2 Å². The van der Waals surface area contributed by atoms with Crippen LogP contribution in [-0.2, 0) is 19.6 Å². The van der Waals surface area contributed by atoms with Crippen molar-refractivity contribution in [2.75, 3.05) is 18.4 Å². The van der Waals surface area contributed by atoms with E-state index in [9.17, 15) is 18.0 Å². The lowest BCUT2D eigenvalue weighted by Gasteiger charge is -2.34. The van der Waals surface area contributed by atoms with E-state index in [2.05, 4.69) is 10.0 Å². The molecule has 9 heteroatoms. The Bertz CT molecular complexity index is 1090. The molecule has 178 valence electrons. The second kappa shape index (κ2) is 10.4. The summed E-state index contributed by atoms with van der Waals surface area (Å²) >= 11 is 0. The Hall–Kier alpha value is -2.91. The summed E-state index contributed by atoms with van der Waals surface area (Å²) in [6, 6.07) is 10.9. The van der Waals surface area contributed by atoms with E-state index in [0.717, 1.165) is 16.9 Å². The van der Waals surface area contributed by atoms with Crippen LogP contribution in [0.2, 0.25) is 0 Å². The molecule has 1 aliphatic rings. The number of benzene rings is 2. The number of anilines is 1. The van der Waals surface area contributed by atoms with E-state index in [4.69, 9.17) is 4.74 Å². The first-order valence-electron chi connectivity index (χ1n) is 11.0. The summed E-state index contributed by atoms with van der Waals surface area (Å²) in [6.45, 7) is 7.96. The quantitative estimate of drug-likeness (QED) is 0.643. The number of carbonyl (C=O) groups is 2. The maximum absolute atomic E-state index is 12.9. The summed E-state index contributed by atoms with van der Waals surface area (Å²) < 4.78 is 34.0. The second-order valence-electron chi connectivity index (χ2n) is 8.41. The van der Waals surface area contributed by atoms with E-state index in [1.807, 2.05) is 32.0 Å². The number of sulfonamides is 1. The normalized spacial score (nSPS) is 15.7. The van der Waals surface area contributed by atoms with Crippen LogP contribution in [0.3, 0.4) is 0 Å². The van der Waals surface area contributed by atoms with Crippen LogP contribution in [0.4, 0.5) is 5.69 Å². The first-order chi connectivity index (χ1) is 15.6. The molecular formula is C24H31N3O5S. The predicted octanol–water partition coefficient (Wildman–Crippen LogP) is 3.00. The SMILES string of the molecule is CC(=O)Nc1ccc(S(=O)(=O)N[C@@H](C)C(=O)N2CCC(Oc3c(C)cccc3C)CC2)cc1. The minimum atomic E-state index is -3.88. The average molecular weight is 474 g/mol. The van der Waals surface area contributed by atoms with Crippen LogP contribution in [0.25, 0.3) is 0 Å². The van der Waals surface area contributed by atoms with Crippen LogP contribution in [0, 0.1) is 13.8 Å². The fourth-order valence-electron chi connectivity index (χ4n) is 3.89. The molecule has 0 saturated carbocycles. The first kappa shape index (κ1) is 24.7. The molecule has 1 atom stereocenters. The molecule has 0 bridgehead atoms. The topological polar surface area (TPSA) is 105 Å². The monoisotopic (exact) mass is 473 g/mol. The first-order valence-corrected chi connectivity index (χ1v) is 12.5.